The summed E-state index contributed by atoms with van der Waals surface area (Å²) in [6.45, 7) is 11.5. The Kier molecular flexibility index (Phi) is 5.88. The van der Waals surface area contributed by atoms with Crippen LogP contribution < -0.4 is 5.32 Å². The summed E-state index contributed by atoms with van der Waals surface area (Å²) < 4.78 is 7.82. The van der Waals surface area contributed by atoms with Crippen molar-refractivity contribution in [3.63, 3.8) is 0 Å². The maximum atomic E-state index is 12.8. The lowest BCUT2D eigenvalue weighted by atomic mass is 10.3. The number of hydrogen-bond donors (Lipinski definition) is 2. The molecule has 1 N–H and O–H groups in total. The van der Waals surface area contributed by atoms with Gasteiger partial charge in [-0.15, -0.1) is 12.6 Å². The van der Waals surface area contributed by atoms with Gasteiger partial charge < -0.3 is 14.3 Å². The number of nitrogens with zero attached hydrogens (tertiary/aromatic N) is 1. The Hall–Kier alpha value is -1.19. The van der Waals surface area contributed by atoms with E-state index in [9.17, 15) is 4.79 Å². The molecule has 132 valence electrons. The van der Waals surface area contributed by atoms with Gasteiger partial charge in [0.25, 0.3) is 0 Å². The van der Waals surface area contributed by atoms with Crippen molar-refractivity contribution < 1.29 is 9.53 Å². The number of ether oxygens (including phenoxy) is 1. The molecule has 0 aromatic heterocycles. The van der Waals surface area contributed by atoms with Crippen LogP contribution in [-0.4, -0.2) is 33.3 Å². The van der Waals surface area contributed by atoms with Gasteiger partial charge in [0, 0.05) is 5.69 Å². The van der Waals surface area contributed by atoms with Gasteiger partial charge in [0.2, 0.25) is 0 Å². The minimum Gasteiger partial charge on any atom is -0.461 e. The third-order valence-electron chi connectivity index (χ3n) is 4.51. The second-order valence-electron chi connectivity index (χ2n) is 7.37. The van der Waals surface area contributed by atoms with E-state index in [0.29, 0.717) is 17.3 Å². The molecular weight excluding hydrogens is 352 g/mol. The van der Waals surface area contributed by atoms with E-state index in [1.54, 1.807) is 0 Å². The second kappa shape index (κ2) is 7.37. The van der Waals surface area contributed by atoms with Crippen LogP contribution in [0.5, 0.6) is 0 Å². The Morgan fingerprint density at radius 2 is 1.71 bits per heavy atom. The Morgan fingerprint density at radius 3 is 2.21 bits per heavy atom. The van der Waals surface area contributed by atoms with Crippen molar-refractivity contribution in [3.8, 4) is 0 Å². The minimum atomic E-state index is -1.69. The molecule has 0 amide bonds. The van der Waals surface area contributed by atoms with Gasteiger partial charge in [-0.05, 0) is 31.1 Å². The predicted molar refractivity (Wildman–Crippen MR) is 109 cm³/mol. The highest BCUT2D eigenvalue weighted by molar-refractivity contribution is 7.84. The van der Waals surface area contributed by atoms with Crippen molar-refractivity contribution >= 4 is 40.8 Å². The summed E-state index contributed by atoms with van der Waals surface area (Å²) in [6, 6.07) is 12.2. The van der Waals surface area contributed by atoms with E-state index in [0.717, 1.165) is 5.69 Å². The first-order chi connectivity index (χ1) is 11.2. The quantitative estimate of drug-likeness (QED) is 0.342. The fraction of sp³-hybridized carbons (Fsp3) is 0.471. The van der Waals surface area contributed by atoms with Gasteiger partial charge in [0.15, 0.2) is 0 Å². The van der Waals surface area contributed by atoms with Gasteiger partial charge in [-0.2, -0.15) is 0 Å². The summed E-state index contributed by atoms with van der Waals surface area (Å²) in [5.41, 5.74) is 1.54. The van der Waals surface area contributed by atoms with Crippen molar-refractivity contribution in [2.24, 2.45) is 0 Å². The van der Waals surface area contributed by atoms with Crippen LogP contribution in [0.15, 0.2) is 41.1 Å². The van der Waals surface area contributed by atoms with Crippen LogP contribution >= 0.6 is 12.6 Å². The van der Waals surface area contributed by atoms with Crippen LogP contribution in [0, 0.1) is 0 Å². The second-order valence-corrected chi connectivity index (χ2v) is 17.4. The van der Waals surface area contributed by atoms with Crippen molar-refractivity contribution in [2.45, 2.75) is 45.2 Å². The molecule has 0 saturated carbocycles. The molecule has 7 heteroatoms. The van der Waals surface area contributed by atoms with E-state index >= 15 is 0 Å². The van der Waals surface area contributed by atoms with E-state index in [2.05, 4.69) is 48.4 Å². The highest BCUT2D eigenvalue weighted by atomic mass is 32.1. The molecule has 1 aromatic carbocycles. The fourth-order valence-corrected chi connectivity index (χ4v) is 18.2. The van der Waals surface area contributed by atoms with Gasteiger partial charge in [-0.3, -0.25) is 0 Å². The summed E-state index contributed by atoms with van der Waals surface area (Å²) in [7, 11) is -3.38. The average molecular weight is 381 g/mol. The monoisotopic (exact) mass is 380 g/mol. The molecule has 0 bridgehead atoms. The largest absolute Gasteiger partial charge is 0.461 e. The van der Waals surface area contributed by atoms with E-state index in [-0.39, 0.29) is 5.97 Å². The normalized spacial score (nSPS) is 19.7. The zero-order chi connectivity index (χ0) is 18.0. The Bertz CT molecular complexity index is 617. The van der Waals surface area contributed by atoms with Crippen LogP contribution in [0.3, 0.4) is 0 Å². The molecule has 0 atom stereocenters. The molecular formula is C17H28N2O2SSi2. The van der Waals surface area contributed by atoms with Crippen molar-refractivity contribution in [1.29, 1.82) is 0 Å². The number of carbonyl (C=O) groups excluding carboxylic acids is 1. The third-order valence-corrected chi connectivity index (χ3v) is 14.8. The zero-order valence-electron chi connectivity index (χ0n) is 15.2. The first kappa shape index (κ1) is 19.1. The molecule has 1 aliphatic rings. The molecule has 0 radical (unpaired) electrons. The number of para-hydroxylation sites is 1. The molecule has 2 rings (SSSR count). The fourth-order valence-electron chi connectivity index (χ4n) is 3.47. The summed E-state index contributed by atoms with van der Waals surface area (Å²) >= 11 is 4.67. The van der Waals surface area contributed by atoms with Gasteiger partial charge >= 0.3 is 5.97 Å². The smallest absolute Gasteiger partial charge is 0.355 e. The van der Waals surface area contributed by atoms with Crippen LogP contribution in [-0.2, 0) is 9.53 Å². The number of benzene rings is 1. The van der Waals surface area contributed by atoms with Gasteiger partial charge in [0.1, 0.15) is 22.2 Å². The summed E-state index contributed by atoms with van der Waals surface area (Å²) in [4.78, 5) is 12.8. The number of thiol groups is 1. The van der Waals surface area contributed by atoms with Crippen molar-refractivity contribution in [1.82, 2.24) is 4.23 Å². The van der Waals surface area contributed by atoms with Crippen LogP contribution in [0.1, 0.15) is 6.92 Å². The standard InChI is InChI=1S/C17H28N2O2SSi2/c1-6-21-17(20)15(16(22)18-14-10-8-7-9-11-14)19-23(2,3)12-13-24(19,4)5/h7-11,18,22H,6,12-13H2,1-5H3. The average Bonchev–Trinajstić information content (AvgIpc) is 2.72. The Morgan fingerprint density at radius 1 is 1.17 bits per heavy atom. The minimum absolute atomic E-state index is 0.269. The molecule has 1 aromatic rings. The van der Waals surface area contributed by atoms with Crippen LogP contribution in [0.2, 0.25) is 38.3 Å². The highest BCUT2D eigenvalue weighted by Gasteiger charge is 2.50. The maximum absolute atomic E-state index is 12.8. The van der Waals surface area contributed by atoms with E-state index in [4.69, 9.17) is 4.74 Å². The summed E-state index contributed by atoms with van der Waals surface area (Å²) in [5.74, 6) is -0.269. The summed E-state index contributed by atoms with van der Waals surface area (Å²) in [5, 5.41) is 3.87. The number of rotatable bonds is 5. The first-order valence-electron chi connectivity index (χ1n) is 8.42. The van der Waals surface area contributed by atoms with E-state index in [1.807, 2.05) is 37.3 Å². The number of hydrogen-bond acceptors (Lipinski definition) is 5. The zero-order valence-corrected chi connectivity index (χ0v) is 18.1. The Balaban J connectivity index is 2.48. The van der Waals surface area contributed by atoms with E-state index < -0.39 is 16.5 Å². The SMILES string of the molecule is CCOC(=O)C(=C(S)Nc1ccccc1)N1[Si](C)(C)CC[Si]1(C)C. The van der Waals surface area contributed by atoms with Gasteiger partial charge in [-0.1, -0.05) is 44.4 Å². The molecule has 4 nitrogen and oxygen atoms in total. The molecule has 24 heavy (non-hydrogen) atoms. The van der Waals surface area contributed by atoms with Gasteiger partial charge in [-0.25, -0.2) is 4.79 Å². The summed E-state index contributed by atoms with van der Waals surface area (Å²) in [6.07, 6.45) is 0. The molecule has 0 aliphatic carbocycles. The van der Waals surface area contributed by atoms with Crippen LogP contribution in [0.25, 0.3) is 0 Å². The number of nitrogens with one attached hydrogen (secondary N) is 1. The lowest BCUT2D eigenvalue weighted by molar-refractivity contribution is -0.139. The molecule has 1 aliphatic heterocycles. The lowest BCUT2D eigenvalue weighted by Crippen LogP contribution is -2.56. The predicted octanol–water partition coefficient (Wildman–Crippen LogP) is 4.49. The molecule has 0 spiro atoms. The highest BCUT2D eigenvalue weighted by Crippen LogP contribution is 2.41. The molecule has 1 heterocycles. The molecule has 1 saturated heterocycles. The van der Waals surface area contributed by atoms with Gasteiger partial charge in [0.05, 0.1) is 11.6 Å². The maximum Gasteiger partial charge on any atom is 0.355 e. The van der Waals surface area contributed by atoms with E-state index in [1.165, 1.54) is 12.1 Å². The lowest BCUT2D eigenvalue weighted by Gasteiger charge is -2.42. The number of esters is 1. The third kappa shape index (κ3) is 4.07. The Labute approximate surface area is 152 Å². The number of anilines is 1. The molecule has 0 unspecified atom stereocenters. The topological polar surface area (TPSA) is 41.6 Å². The first-order valence-corrected chi connectivity index (χ1v) is 15.2. The molecule has 1 fully saturated rings. The van der Waals surface area contributed by atoms with Crippen molar-refractivity contribution in [3.05, 3.63) is 41.1 Å². The number of carbonyl (C=O) groups is 1. The van der Waals surface area contributed by atoms with Crippen LogP contribution in [0.4, 0.5) is 5.69 Å². The van der Waals surface area contributed by atoms with Crippen molar-refractivity contribution in [2.75, 3.05) is 11.9 Å².